The second-order valence-corrected chi connectivity index (χ2v) is 7.25. The maximum absolute atomic E-state index is 12.5. The van der Waals surface area contributed by atoms with Crippen LogP contribution in [0.1, 0.15) is 0 Å². The molecule has 25 heavy (non-hydrogen) atoms. The molecule has 0 amide bonds. The van der Waals surface area contributed by atoms with Gasteiger partial charge in [0.25, 0.3) is 0 Å². The normalized spacial score (nSPS) is 15.7. The third-order valence-corrected chi connectivity index (χ3v) is 5.63. The van der Waals surface area contributed by atoms with Gasteiger partial charge in [-0.15, -0.1) is 0 Å². The molecule has 132 valence electrons. The molecule has 1 aliphatic heterocycles. The monoisotopic (exact) mass is 364 g/mol. The van der Waals surface area contributed by atoms with Gasteiger partial charge in [-0.05, 0) is 30.3 Å². The van der Waals surface area contributed by atoms with E-state index in [9.17, 15) is 18.5 Å². The van der Waals surface area contributed by atoms with E-state index in [1.54, 1.807) is 12.1 Å². The zero-order chi connectivity index (χ0) is 17.9. The lowest BCUT2D eigenvalue weighted by atomic mass is 10.3. The fraction of sp³-hybridized carbons (Fsp3) is 0.250. The summed E-state index contributed by atoms with van der Waals surface area (Å²) in [7, 11) is -3.58. The molecular weight excluding hydrogens is 348 g/mol. The molecule has 0 aliphatic carbocycles. The van der Waals surface area contributed by atoms with E-state index in [4.69, 9.17) is 9.47 Å². The van der Waals surface area contributed by atoms with Gasteiger partial charge in [0, 0.05) is 19.2 Å². The van der Waals surface area contributed by atoms with Crippen LogP contribution in [-0.2, 0) is 14.8 Å². The minimum Gasteiger partial charge on any atom is -0.450 e. The van der Waals surface area contributed by atoms with Crippen LogP contribution in [0.3, 0.4) is 0 Å². The molecule has 0 radical (unpaired) electrons. The number of para-hydroxylation sites is 2. The summed E-state index contributed by atoms with van der Waals surface area (Å²) in [6, 6.07) is 11.8. The van der Waals surface area contributed by atoms with E-state index >= 15 is 0 Å². The summed E-state index contributed by atoms with van der Waals surface area (Å²) in [6.07, 6.45) is 0. The summed E-state index contributed by atoms with van der Waals surface area (Å²) in [5, 5.41) is 11.0. The highest BCUT2D eigenvalue weighted by Gasteiger charge is 2.26. The smallest absolute Gasteiger partial charge is 0.311 e. The van der Waals surface area contributed by atoms with E-state index in [0.717, 1.165) is 0 Å². The Bertz CT molecular complexity index is 860. The Kier molecular flexibility index (Phi) is 4.98. The molecule has 9 heteroatoms. The first-order chi connectivity index (χ1) is 12.0. The first kappa shape index (κ1) is 17.3. The van der Waals surface area contributed by atoms with Gasteiger partial charge in [-0.2, -0.15) is 4.31 Å². The van der Waals surface area contributed by atoms with Crippen LogP contribution in [0, 0.1) is 10.1 Å². The first-order valence-electron chi connectivity index (χ1n) is 7.58. The number of hydrogen-bond acceptors (Lipinski definition) is 6. The topological polar surface area (TPSA) is 99.0 Å². The Hall–Kier alpha value is -2.49. The number of hydrogen-bond donors (Lipinski definition) is 0. The van der Waals surface area contributed by atoms with Gasteiger partial charge in [0.1, 0.15) is 5.75 Å². The first-order valence-corrected chi connectivity index (χ1v) is 9.02. The predicted molar refractivity (Wildman–Crippen MR) is 89.2 cm³/mol. The highest BCUT2D eigenvalue weighted by molar-refractivity contribution is 7.89. The highest BCUT2D eigenvalue weighted by atomic mass is 32.2. The van der Waals surface area contributed by atoms with Crippen molar-refractivity contribution in [3.05, 3.63) is 58.6 Å². The van der Waals surface area contributed by atoms with Crippen LogP contribution in [0.2, 0.25) is 0 Å². The molecule has 8 nitrogen and oxygen atoms in total. The zero-order valence-corrected chi connectivity index (χ0v) is 14.0. The summed E-state index contributed by atoms with van der Waals surface area (Å²) in [5.41, 5.74) is -0.160. The standard InChI is InChI=1S/C16H16N2O6S/c19-18(20)15-3-1-2-4-16(15)24-13-5-7-14(8-6-13)25(21,22)17-9-11-23-12-10-17/h1-8H,9-12H2. The maximum Gasteiger partial charge on any atom is 0.311 e. The van der Waals surface area contributed by atoms with Crippen molar-refractivity contribution in [2.24, 2.45) is 0 Å². The molecule has 0 atom stereocenters. The van der Waals surface area contributed by atoms with E-state index in [1.165, 1.54) is 40.7 Å². The number of morpholine rings is 1. The number of nitrogens with zero attached hydrogens (tertiary/aromatic N) is 2. The molecule has 0 saturated carbocycles. The molecule has 3 rings (SSSR count). The molecule has 1 fully saturated rings. The lowest BCUT2D eigenvalue weighted by Crippen LogP contribution is -2.40. The van der Waals surface area contributed by atoms with Crippen LogP contribution in [0.5, 0.6) is 11.5 Å². The number of nitro benzene ring substituents is 1. The summed E-state index contributed by atoms with van der Waals surface area (Å²) < 4.78 is 37.1. The number of ether oxygens (including phenoxy) is 2. The fourth-order valence-electron chi connectivity index (χ4n) is 2.44. The van der Waals surface area contributed by atoms with E-state index in [-0.39, 0.29) is 16.3 Å². The molecule has 1 saturated heterocycles. The van der Waals surface area contributed by atoms with Crippen molar-refractivity contribution in [2.45, 2.75) is 4.90 Å². The van der Waals surface area contributed by atoms with Crippen molar-refractivity contribution < 1.29 is 22.8 Å². The van der Waals surface area contributed by atoms with Crippen LogP contribution < -0.4 is 4.74 Å². The van der Waals surface area contributed by atoms with Gasteiger partial charge in [-0.1, -0.05) is 12.1 Å². The third kappa shape index (κ3) is 3.78. The SMILES string of the molecule is O=[N+]([O-])c1ccccc1Oc1ccc(S(=O)(=O)N2CCOCC2)cc1. The van der Waals surface area contributed by atoms with Gasteiger partial charge in [0.05, 0.1) is 23.0 Å². The van der Waals surface area contributed by atoms with Gasteiger partial charge in [0.2, 0.25) is 15.8 Å². The molecule has 0 unspecified atom stereocenters. The van der Waals surface area contributed by atoms with Gasteiger partial charge in [0.15, 0.2) is 0 Å². The lowest BCUT2D eigenvalue weighted by molar-refractivity contribution is -0.385. The highest BCUT2D eigenvalue weighted by Crippen LogP contribution is 2.31. The van der Waals surface area contributed by atoms with E-state index in [1.807, 2.05) is 0 Å². The summed E-state index contributed by atoms with van der Waals surface area (Å²) >= 11 is 0. The van der Waals surface area contributed by atoms with Crippen molar-refractivity contribution in [3.63, 3.8) is 0 Å². The average Bonchev–Trinajstić information content (AvgIpc) is 2.63. The van der Waals surface area contributed by atoms with Gasteiger partial charge in [-0.25, -0.2) is 8.42 Å². The molecule has 0 N–H and O–H groups in total. The molecular formula is C16H16N2O6S. The number of benzene rings is 2. The van der Waals surface area contributed by atoms with Crippen molar-refractivity contribution in [1.29, 1.82) is 0 Å². The third-order valence-electron chi connectivity index (χ3n) is 3.72. The van der Waals surface area contributed by atoms with Crippen molar-refractivity contribution in [3.8, 4) is 11.5 Å². The van der Waals surface area contributed by atoms with Crippen molar-refractivity contribution in [1.82, 2.24) is 4.31 Å². The van der Waals surface area contributed by atoms with Gasteiger partial charge >= 0.3 is 5.69 Å². The Morgan fingerprint density at radius 3 is 2.32 bits per heavy atom. The zero-order valence-electron chi connectivity index (χ0n) is 13.2. The summed E-state index contributed by atoms with van der Waals surface area (Å²) in [5.74, 6) is 0.409. The molecule has 1 heterocycles. The lowest BCUT2D eigenvalue weighted by Gasteiger charge is -2.26. The predicted octanol–water partition coefficient (Wildman–Crippen LogP) is 2.41. The molecule has 1 aliphatic rings. The Labute approximate surface area is 144 Å². The minimum absolute atomic E-state index is 0.0938. The van der Waals surface area contributed by atoms with Crippen molar-refractivity contribution in [2.75, 3.05) is 26.3 Å². The van der Waals surface area contributed by atoms with Gasteiger partial charge < -0.3 is 9.47 Å². The van der Waals surface area contributed by atoms with Crippen LogP contribution in [-0.4, -0.2) is 43.9 Å². The Morgan fingerprint density at radius 1 is 1.04 bits per heavy atom. The average molecular weight is 364 g/mol. The van der Waals surface area contributed by atoms with Crippen LogP contribution in [0.15, 0.2) is 53.4 Å². The second kappa shape index (κ2) is 7.18. The second-order valence-electron chi connectivity index (χ2n) is 5.31. The van der Waals surface area contributed by atoms with E-state index in [0.29, 0.717) is 32.1 Å². The summed E-state index contributed by atoms with van der Waals surface area (Å²) in [6.45, 7) is 1.38. The molecule has 0 bridgehead atoms. The Morgan fingerprint density at radius 2 is 1.68 bits per heavy atom. The van der Waals surface area contributed by atoms with E-state index < -0.39 is 14.9 Å². The minimum atomic E-state index is -3.58. The van der Waals surface area contributed by atoms with Crippen molar-refractivity contribution >= 4 is 15.7 Å². The van der Waals surface area contributed by atoms with E-state index in [2.05, 4.69) is 0 Å². The molecule has 0 aromatic heterocycles. The summed E-state index contributed by atoms with van der Waals surface area (Å²) in [4.78, 5) is 10.6. The van der Waals surface area contributed by atoms with Crippen LogP contribution in [0.4, 0.5) is 5.69 Å². The molecule has 2 aromatic rings. The largest absolute Gasteiger partial charge is 0.450 e. The molecule has 2 aromatic carbocycles. The fourth-order valence-corrected chi connectivity index (χ4v) is 3.84. The van der Waals surface area contributed by atoms with Gasteiger partial charge in [-0.3, -0.25) is 10.1 Å². The quantitative estimate of drug-likeness (QED) is 0.597. The number of nitro groups is 1. The number of rotatable bonds is 5. The molecule has 0 spiro atoms. The number of sulfonamides is 1. The van der Waals surface area contributed by atoms with Crippen LogP contribution >= 0.6 is 0 Å². The maximum atomic E-state index is 12.5. The van der Waals surface area contributed by atoms with Crippen LogP contribution in [0.25, 0.3) is 0 Å². The Balaban J connectivity index is 1.80.